The van der Waals surface area contributed by atoms with Gasteiger partial charge in [0.05, 0.1) is 12.9 Å². The summed E-state index contributed by atoms with van der Waals surface area (Å²) in [4.78, 5) is 0. The lowest BCUT2D eigenvalue weighted by atomic mass is 10.1. The summed E-state index contributed by atoms with van der Waals surface area (Å²) < 4.78 is 5.60. The molecule has 0 aliphatic heterocycles. The van der Waals surface area contributed by atoms with Crippen molar-refractivity contribution in [1.82, 2.24) is 0 Å². The molecule has 0 spiro atoms. The lowest BCUT2D eigenvalue weighted by Gasteiger charge is -2.14. The van der Waals surface area contributed by atoms with Crippen molar-refractivity contribution in [2.45, 2.75) is 38.5 Å². The van der Waals surface area contributed by atoms with Crippen LogP contribution >= 0.6 is 0 Å². The molecule has 0 aromatic carbocycles. The third kappa shape index (κ3) is 3.24. The van der Waals surface area contributed by atoms with E-state index < -0.39 is 8.07 Å². The fourth-order valence-corrected chi connectivity index (χ4v) is 3.21. The van der Waals surface area contributed by atoms with Crippen LogP contribution in [0.1, 0.15) is 12.8 Å². The fourth-order valence-electron chi connectivity index (χ4n) is 2.48. The average molecular weight is 236 g/mol. The SMILES string of the molecule is C[Si](C)(C)CCO/C=C/[C@H]1[C@H]2C=CCC[C@H]21. The molecule has 1 fully saturated rings. The van der Waals surface area contributed by atoms with Crippen LogP contribution in [0.3, 0.4) is 0 Å². The molecule has 2 heteroatoms. The van der Waals surface area contributed by atoms with Crippen LogP contribution in [-0.4, -0.2) is 14.7 Å². The molecule has 0 unspecified atom stereocenters. The highest BCUT2D eigenvalue weighted by atomic mass is 28.3. The van der Waals surface area contributed by atoms with Crippen LogP contribution in [0.15, 0.2) is 24.5 Å². The molecular weight excluding hydrogens is 212 g/mol. The summed E-state index contributed by atoms with van der Waals surface area (Å²) in [6.07, 6.45) is 11.6. The van der Waals surface area contributed by atoms with Crippen molar-refractivity contribution in [3.8, 4) is 0 Å². The lowest BCUT2D eigenvalue weighted by Crippen LogP contribution is -2.20. The van der Waals surface area contributed by atoms with Gasteiger partial charge in [0.15, 0.2) is 0 Å². The highest BCUT2D eigenvalue weighted by molar-refractivity contribution is 6.76. The summed E-state index contributed by atoms with van der Waals surface area (Å²) >= 11 is 0. The smallest absolute Gasteiger partial charge is 0.0849 e. The van der Waals surface area contributed by atoms with Gasteiger partial charge in [-0.3, -0.25) is 0 Å². The number of fused-ring (bicyclic) bond motifs is 1. The molecule has 0 bridgehead atoms. The van der Waals surface area contributed by atoms with Crippen molar-refractivity contribution in [3.05, 3.63) is 24.5 Å². The van der Waals surface area contributed by atoms with E-state index in [1.807, 2.05) is 6.26 Å². The van der Waals surface area contributed by atoms with E-state index in [-0.39, 0.29) is 0 Å². The minimum atomic E-state index is -0.920. The summed E-state index contributed by atoms with van der Waals surface area (Å²) in [7, 11) is -0.920. The van der Waals surface area contributed by atoms with Crippen LogP contribution < -0.4 is 0 Å². The molecule has 1 saturated carbocycles. The van der Waals surface area contributed by atoms with Crippen molar-refractivity contribution in [2.24, 2.45) is 17.8 Å². The predicted octanol–water partition coefficient (Wildman–Crippen LogP) is 4.07. The number of hydrogen-bond donors (Lipinski definition) is 0. The van der Waals surface area contributed by atoms with Crippen molar-refractivity contribution in [1.29, 1.82) is 0 Å². The molecule has 2 aliphatic rings. The molecule has 0 N–H and O–H groups in total. The lowest BCUT2D eigenvalue weighted by molar-refractivity contribution is 0.266. The molecule has 0 radical (unpaired) electrons. The van der Waals surface area contributed by atoms with E-state index in [0.717, 1.165) is 24.4 Å². The van der Waals surface area contributed by atoms with Crippen LogP contribution in [0.4, 0.5) is 0 Å². The Hall–Kier alpha value is -0.503. The summed E-state index contributed by atoms with van der Waals surface area (Å²) in [5.41, 5.74) is 0. The fraction of sp³-hybridized carbons (Fsp3) is 0.714. The Bertz CT molecular complexity index is 288. The molecule has 3 atom stereocenters. The maximum Gasteiger partial charge on any atom is 0.0849 e. The first kappa shape index (κ1) is 12.0. The van der Waals surface area contributed by atoms with Gasteiger partial charge in [0.25, 0.3) is 0 Å². The van der Waals surface area contributed by atoms with Crippen molar-refractivity contribution in [2.75, 3.05) is 6.61 Å². The Balaban J connectivity index is 1.62. The van der Waals surface area contributed by atoms with Crippen molar-refractivity contribution < 1.29 is 4.74 Å². The zero-order valence-corrected chi connectivity index (χ0v) is 11.8. The van der Waals surface area contributed by atoms with Crippen molar-refractivity contribution >= 4 is 8.07 Å². The molecule has 0 saturated heterocycles. The van der Waals surface area contributed by atoms with Crippen LogP contribution in [0.5, 0.6) is 0 Å². The highest BCUT2D eigenvalue weighted by Gasteiger charge is 2.46. The molecule has 2 rings (SSSR count). The molecule has 0 aromatic heterocycles. The van der Waals surface area contributed by atoms with E-state index in [2.05, 4.69) is 37.9 Å². The number of allylic oxidation sites excluding steroid dienone is 3. The first-order valence-electron chi connectivity index (χ1n) is 6.53. The van der Waals surface area contributed by atoms with Crippen LogP contribution in [0.2, 0.25) is 25.7 Å². The Labute approximate surface area is 101 Å². The molecule has 0 heterocycles. The molecular formula is C14H24OSi. The van der Waals surface area contributed by atoms with E-state index in [9.17, 15) is 0 Å². The topological polar surface area (TPSA) is 9.23 Å². The molecule has 1 nitrogen and oxygen atoms in total. The van der Waals surface area contributed by atoms with E-state index in [1.165, 1.54) is 18.9 Å². The van der Waals surface area contributed by atoms with Gasteiger partial charge in [-0.25, -0.2) is 0 Å². The third-order valence-corrected chi connectivity index (χ3v) is 5.39. The number of ether oxygens (including phenoxy) is 1. The molecule has 0 amide bonds. The third-order valence-electron chi connectivity index (χ3n) is 3.68. The largest absolute Gasteiger partial charge is 0.502 e. The maximum atomic E-state index is 5.60. The Kier molecular flexibility index (Phi) is 3.58. The Morgan fingerprint density at radius 3 is 2.81 bits per heavy atom. The maximum absolute atomic E-state index is 5.60. The second kappa shape index (κ2) is 4.78. The van der Waals surface area contributed by atoms with Crippen LogP contribution in [-0.2, 0) is 4.74 Å². The van der Waals surface area contributed by atoms with Gasteiger partial charge in [0.1, 0.15) is 0 Å². The minimum Gasteiger partial charge on any atom is -0.502 e. The standard InChI is InChI=1S/C14H24OSi/c1-16(2,3)11-10-15-9-8-14-12-6-4-5-7-13(12)14/h4,6,8-9,12-14H,5,7,10-11H2,1-3H3/b9-8+/t12-,13+,14-/m0/s1. The van der Waals surface area contributed by atoms with E-state index >= 15 is 0 Å². The highest BCUT2D eigenvalue weighted by Crippen LogP contribution is 2.53. The zero-order chi connectivity index (χ0) is 11.6. The van der Waals surface area contributed by atoms with E-state index in [1.54, 1.807) is 0 Å². The molecule has 0 aromatic rings. The second-order valence-corrected chi connectivity index (χ2v) is 12.0. The predicted molar refractivity (Wildman–Crippen MR) is 72.1 cm³/mol. The monoisotopic (exact) mass is 236 g/mol. The normalized spacial score (nSPS) is 32.8. The summed E-state index contributed by atoms with van der Waals surface area (Å²) in [5, 5.41) is 0. The van der Waals surface area contributed by atoms with Crippen LogP contribution in [0.25, 0.3) is 0 Å². The summed E-state index contributed by atoms with van der Waals surface area (Å²) in [5.74, 6) is 2.55. The van der Waals surface area contributed by atoms with Gasteiger partial charge < -0.3 is 4.74 Å². The van der Waals surface area contributed by atoms with Gasteiger partial charge >= 0.3 is 0 Å². The molecule has 2 aliphatic carbocycles. The van der Waals surface area contributed by atoms with Gasteiger partial charge in [0, 0.05) is 8.07 Å². The summed E-state index contributed by atoms with van der Waals surface area (Å²) in [6.45, 7) is 8.07. The second-order valence-electron chi connectivity index (χ2n) is 6.33. The van der Waals surface area contributed by atoms with Gasteiger partial charge in [-0.1, -0.05) is 31.8 Å². The minimum absolute atomic E-state index is 0.783. The van der Waals surface area contributed by atoms with Crippen molar-refractivity contribution in [3.63, 3.8) is 0 Å². The van der Waals surface area contributed by atoms with Gasteiger partial charge in [-0.05, 0) is 42.7 Å². The van der Waals surface area contributed by atoms with Gasteiger partial charge in [0.2, 0.25) is 0 Å². The first-order chi connectivity index (χ1) is 7.58. The zero-order valence-electron chi connectivity index (χ0n) is 10.8. The summed E-state index contributed by atoms with van der Waals surface area (Å²) in [6, 6.07) is 1.26. The van der Waals surface area contributed by atoms with E-state index in [4.69, 9.17) is 4.74 Å². The Morgan fingerprint density at radius 1 is 1.38 bits per heavy atom. The Morgan fingerprint density at radius 2 is 2.19 bits per heavy atom. The number of hydrogen-bond acceptors (Lipinski definition) is 1. The average Bonchev–Trinajstić information content (AvgIpc) is 2.90. The first-order valence-corrected chi connectivity index (χ1v) is 10.2. The van der Waals surface area contributed by atoms with Gasteiger partial charge in [-0.2, -0.15) is 0 Å². The molecule has 16 heavy (non-hydrogen) atoms. The number of rotatable bonds is 5. The van der Waals surface area contributed by atoms with Crippen LogP contribution in [0, 0.1) is 17.8 Å². The van der Waals surface area contributed by atoms with Gasteiger partial charge in [-0.15, -0.1) is 0 Å². The quantitative estimate of drug-likeness (QED) is 0.303. The molecule has 90 valence electrons. The van der Waals surface area contributed by atoms with E-state index in [0.29, 0.717) is 0 Å².